The number of carbonyl (C=O) groups is 2. The lowest BCUT2D eigenvalue weighted by Crippen LogP contribution is -2.31. The number of carbonyl (C=O) groups excluding carboxylic acids is 2. The summed E-state index contributed by atoms with van der Waals surface area (Å²) in [4.78, 5) is 30.4. The molecule has 7 heteroatoms. The van der Waals surface area contributed by atoms with Gasteiger partial charge in [0.15, 0.2) is 0 Å². The molecule has 0 saturated carbocycles. The number of hydrogen-bond donors (Lipinski definition) is 1. The van der Waals surface area contributed by atoms with Crippen LogP contribution in [0.5, 0.6) is 0 Å². The van der Waals surface area contributed by atoms with E-state index < -0.39 is 0 Å². The highest BCUT2D eigenvalue weighted by Crippen LogP contribution is 2.25. The number of nitrogens with zero attached hydrogens (tertiary/aromatic N) is 2. The molecule has 5 nitrogen and oxygen atoms in total. The van der Waals surface area contributed by atoms with Gasteiger partial charge >= 0.3 is 0 Å². The van der Waals surface area contributed by atoms with E-state index in [0.717, 1.165) is 0 Å². The lowest BCUT2D eigenvalue weighted by atomic mass is 10.2. The Kier molecular flexibility index (Phi) is 6.17. The molecule has 0 fully saturated rings. The molecule has 2 rings (SSSR count). The largest absolute Gasteiger partial charge is 0.338 e. The van der Waals surface area contributed by atoms with Crippen molar-refractivity contribution in [3.8, 4) is 0 Å². The van der Waals surface area contributed by atoms with Crippen molar-refractivity contribution < 1.29 is 9.59 Å². The highest BCUT2D eigenvalue weighted by molar-refractivity contribution is 6.42. The van der Waals surface area contributed by atoms with Crippen molar-refractivity contribution in [3.05, 3.63) is 57.8 Å². The molecule has 1 aromatic heterocycles. The van der Waals surface area contributed by atoms with Crippen LogP contribution in [0.15, 0.2) is 36.5 Å². The van der Waals surface area contributed by atoms with Gasteiger partial charge in [0.25, 0.3) is 11.8 Å². The first kappa shape index (κ1) is 18.2. The summed E-state index contributed by atoms with van der Waals surface area (Å²) in [5.41, 5.74) is 1.09. The zero-order chi connectivity index (χ0) is 17.7. The van der Waals surface area contributed by atoms with E-state index >= 15 is 0 Å². The first-order valence-corrected chi connectivity index (χ1v) is 8.23. The van der Waals surface area contributed by atoms with Gasteiger partial charge in [-0.15, -0.1) is 0 Å². The van der Waals surface area contributed by atoms with Gasteiger partial charge < -0.3 is 10.2 Å². The Hall–Kier alpha value is -2.11. The highest BCUT2D eigenvalue weighted by atomic mass is 35.5. The second-order valence-electron chi connectivity index (χ2n) is 4.99. The molecule has 1 heterocycles. The monoisotopic (exact) mass is 365 g/mol. The molecule has 126 valence electrons. The van der Waals surface area contributed by atoms with Gasteiger partial charge in [-0.2, -0.15) is 0 Å². The van der Waals surface area contributed by atoms with Crippen LogP contribution in [0.25, 0.3) is 0 Å². The van der Waals surface area contributed by atoms with Crippen LogP contribution in [-0.4, -0.2) is 34.8 Å². The van der Waals surface area contributed by atoms with E-state index in [4.69, 9.17) is 23.2 Å². The Morgan fingerprint density at radius 1 is 1.08 bits per heavy atom. The third kappa shape index (κ3) is 4.24. The molecule has 1 N–H and O–H groups in total. The van der Waals surface area contributed by atoms with E-state index in [1.165, 1.54) is 12.3 Å². The number of aromatic nitrogens is 1. The lowest BCUT2D eigenvalue weighted by molar-refractivity contribution is 0.0767. The van der Waals surface area contributed by atoms with Gasteiger partial charge in [0, 0.05) is 30.5 Å². The Morgan fingerprint density at radius 2 is 1.79 bits per heavy atom. The van der Waals surface area contributed by atoms with Crippen LogP contribution in [-0.2, 0) is 0 Å². The maximum absolute atomic E-state index is 12.4. The average Bonchev–Trinajstić information content (AvgIpc) is 2.59. The molecule has 0 atom stereocenters. The van der Waals surface area contributed by atoms with Crippen LogP contribution in [0.2, 0.25) is 10.0 Å². The molecule has 0 unspecified atom stereocenters. The maximum Gasteiger partial charge on any atom is 0.272 e. The molecular weight excluding hydrogens is 349 g/mol. The molecule has 0 aliphatic rings. The first-order valence-electron chi connectivity index (χ1n) is 7.48. The number of rotatable bonds is 5. The van der Waals surface area contributed by atoms with Crippen LogP contribution in [0, 0.1) is 0 Å². The van der Waals surface area contributed by atoms with Crippen molar-refractivity contribution in [3.63, 3.8) is 0 Å². The first-order chi connectivity index (χ1) is 11.5. The summed E-state index contributed by atoms with van der Waals surface area (Å²) in [5.74, 6) is -0.562. The van der Waals surface area contributed by atoms with E-state index in [1.807, 2.05) is 13.8 Å². The molecule has 2 amide bonds. The van der Waals surface area contributed by atoms with Crippen LogP contribution in [0.4, 0.5) is 5.69 Å². The Labute approximate surface area is 150 Å². The van der Waals surface area contributed by atoms with Gasteiger partial charge in [0.2, 0.25) is 0 Å². The predicted molar refractivity (Wildman–Crippen MR) is 95.9 cm³/mol. The summed E-state index contributed by atoms with van der Waals surface area (Å²) < 4.78 is 0. The van der Waals surface area contributed by atoms with Crippen LogP contribution in [0.1, 0.15) is 34.7 Å². The van der Waals surface area contributed by atoms with Crippen molar-refractivity contribution in [1.82, 2.24) is 9.88 Å². The summed E-state index contributed by atoms with van der Waals surface area (Å²) in [5, 5.41) is 3.47. The third-order valence-electron chi connectivity index (χ3n) is 3.47. The Balaban J connectivity index is 2.19. The van der Waals surface area contributed by atoms with Crippen molar-refractivity contribution in [2.45, 2.75) is 13.8 Å². The Morgan fingerprint density at radius 3 is 2.42 bits per heavy atom. The topological polar surface area (TPSA) is 62.3 Å². The van der Waals surface area contributed by atoms with Gasteiger partial charge in [0.1, 0.15) is 5.69 Å². The maximum atomic E-state index is 12.4. The second kappa shape index (κ2) is 8.13. The molecule has 0 spiro atoms. The summed E-state index contributed by atoms with van der Waals surface area (Å²) >= 11 is 11.8. The molecule has 2 aromatic rings. The number of halogens is 2. The summed E-state index contributed by atoms with van der Waals surface area (Å²) in [6.45, 7) is 4.94. The number of amides is 2. The summed E-state index contributed by atoms with van der Waals surface area (Å²) in [6, 6.07) is 7.83. The van der Waals surface area contributed by atoms with E-state index in [2.05, 4.69) is 10.3 Å². The lowest BCUT2D eigenvalue weighted by Gasteiger charge is -2.18. The molecular formula is C17H17Cl2N3O2. The zero-order valence-electron chi connectivity index (χ0n) is 13.3. The zero-order valence-corrected chi connectivity index (χ0v) is 14.9. The molecule has 0 aliphatic heterocycles. The predicted octanol–water partition coefficient (Wildman–Crippen LogP) is 4.12. The fraction of sp³-hybridized carbons (Fsp3) is 0.235. The van der Waals surface area contributed by atoms with E-state index in [-0.39, 0.29) is 17.5 Å². The fourth-order valence-corrected chi connectivity index (χ4v) is 2.44. The Bertz CT molecular complexity index is 761. The van der Waals surface area contributed by atoms with Gasteiger partial charge in [-0.1, -0.05) is 23.2 Å². The van der Waals surface area contributed by atoms with Gasteiger partial charge in [0.05, 0.1) is 10.0 Å². The standard InChI is InChI=1S/C17H17Cl2N3O2/c1-3-22(4-2)17(24)15-9-11(7-8-20-15)16(23)21-12-5-6-13(18)14(19)10-12/h5-10H,3-4H2,1-2H3,(H,21,23). The quantitative estimate of drug-likeness (QED) is 0.866. The number of nitrogens with one attached hydrogen (secondary N) is 1. The molecule has 0 saturated heterocycles. The minimum Gasteiger partial charge on any atom is -0.338 e. The number of benzene rings is 1. The molecule has 0 radical (unpaired) electrons. The SMILES string of the molecule is CCN(CC)C(=O)c1cc(C(=O)Nc2ccc(Cl)c(Cl)c2)ccn1. The highest BCUT2D eigenvalue weighted by Gasteiger charge is 2.16. The van der Waals surface area contributed by atoms with Gasteiger partial charge in [-0.05, 0) is 44.2 Å². The fourth-order valence-electron chi connectivity index (χ4n) is 2.14. The smallest absolute Gasteiger partial charge is 0.272 e. The van der Waals surface area contributed by atoms with Crippen molar-refractivity contribution >= 4 is 40.7 Å². The van der Waals surface area contributed by atoms with Gasteiger partial charge in [-0.3, -0.25) is 14.6 Å². The van der Waals surface area contributed by atoms with Crippen molar-refractivity contribution in [2.24, 2.45) is 0 Å². The van der Waals surface area contributed by atoms with E-state index in [9.17, 15) is 9.59 Å². The second-order valence-corrected chi connectivity index (χ2v) is 5.80. The number of pyridine rings is 1. The number of hydrogen-bond acceptors (Lipinski definition) is 3. The van der Waals surface area contributed by atoms with Gasteiger partial charge in [-0.25, -0.2) is 0 Å². The molecule has 24 heavy (non-hydrogen) atoms. The third-order valence-corrected chi connectivity index (χ3v) is 4.21. The summed E-state index contributed by atoms with van der Waals surface area (Å²) in [6.07, 6.45) is 1.44. The van der Waals surface area contributed by atoms with Crippen LogP contribution in [0.3, 0.4) is 0 Å². The van der Waals surface area contributed by atoms with E-state index in [0.29, 0.717) is 34.4 Å². The minimum absolute atomic E-state index is 0.204. The van der Waals surface area contributed by atoms with Crippen molar-refractivity contribution in [2.75, 3.05) is 18.4 Å². The van der Waals surface area contributed by atoms with Crippen LogP contribution >= 0.6 is 23.2 Å². The molecule has 0 bridgehead atoms. The van der Waals surface area contributed by atoms with Crippen LogP contribution < -0.4 is 5.32 Å². The molecule has 1 aromatic carbocycles. The number of anilines is 1. The van der Waals surface area contributed by atoms with Crippen molar-refractivity contribution in [1.29, 1.82) is 0 Å². The summed E-state index contributed by atoms with van der Waals surface area (Å²) in [7, 11) is 0. The minimum atomic E-state index is -0.357. The normalized spacial score (nSPS) is 10.3. The average molecular weight is 366 g/mol. The molecule has 0 aliphatic carbocycles. The van der Waals surface area contributed by atoms with E-state index in [1.54, 1.807) is 29.2 Å².